The minimum Gasteiger partial charge on any atom is -0.508 e. The zero-order chi connectivity index (χ0) is 15.4. The van der Waals surface area contributed by atoms with Crippen LogP contribution in [-0.4, -0.2) is 17.1 Å². The van der Waals surface area contributed by atoms with Gasteiger partial charge in [-0.15, -0.1) is 0 Å². The highest BCUT2D eigenvalue weighted by molar-refractivity contribution is 5.33. The molecule has 3 rings (SSSR count). The van der Waals surface area contributed by atoms with E-state index in [0.717, 1.165) is 6.54 Å². The smallest absolute Gasteiger partial charge is 0.115 e. The lowest BCUT2D eigenvalue weighted by atomic mass is 9.75. The summed E-state index contributed by atoms with van der Waals surface area (Å²) in [4.78, 5) is 2.48. The molecule has 0 atom stereocenters. The maximum Gasteiger partial charge on any atom is 0.115 e. The molecule has 0 unspecified atom stereocenters. The highest BCUT2D eigenvalue weighted by atomic mass is 16.3. The van der Waals surface area contributed by atoms with Crippen molar-refractivity contribution in [1.29, 1.82) is 0 Å². The number of phenols is 1. The van der Waals surface area contributed by atoms with E-state index in [9.17, 15) is 5.11 Å². The molecule has 22 heavy (non-hydrogen) atoms. The van der Waals surface area contributed by atoms with Crippen molar-refractivity contribution in [1.82, 2.24) is 4.90 Å². The molecule has 116 valence electrons. The van der Waals surface area contributed by atoms with Crippen LogP contribution in [0.1, 0.15) is 43.2 Å². The van der Waals surface area contributed by atoms with Gasteiger partial charge in [0.25, 0.3) is 0 Å². The molecule has 0 saturated heterocycles. The summed E-state index contributed by atoms with van der Waals surface area (Å²) in [7, 11) is 2.22. The lowest BCUT2D eigenvalue weighted by molar-refractivity contribution is 0.0652. The van der Waals surface area contributed by atoms with Gasteiger partial charge in [-0.1, -0.05) is 61.7 Å². The second kappa shape index (κ2) is 6.53. The van der Waals surface area contributed by atoms with E-state index in [2.05, 4.69) is 48.3 Å². The summed E-state index contributed by atoms with van der Waals surface area (Å²) in [6, 6.07) is 18.5. The Balaban J connectivity index is 1.92. The number of aromatic hydroxyl groups is 1. The van der Waals surface area contributed by atoms with Gasteiger partial charge in [-0.25, -0.2) is 0 Å². The average Bonchev–Trinajstić information content (AvgIpc) is 2.56. The van der Waals surface area contributed by atoms with Gasteiger partial charge in [0.05, 0.1) is 0 Å². The first-order valence-corrected chi connectivity index (χ1v) is 8.25. The molecule has 0 radical (unpaired) electrons. The van der Waals surface area contributed by atoms with Gasteiger partial charge in [0, 0.05) is 12.1 Å². The number of hydrogen-bond acceptors (Lipinski definition) is 2. The van der Waals surface area contributed by atoms with Crippen LogP contribution in [-0.2, 0) is 12.1 Å². The fourth-order valence-electron chi connectivity index (χ4n) is 3.83. The molecule has 0 spiro atoms. The average molecular weight is 295 g/mol. The molecule has 2 aromatic rings. The summed E-state index contributed by atoms with van der Waals surface area (Å²) in [6.45, 7) is 0.941. The van der Waals surface area contributed by atoms with Crippen molar-refractivity contribution in [2.24, 2.45) is 0 Å². The summed E-state index contributed by atoms with van der Waals surface area (Å²) in [6.07, 6.45) is 6.17. The summed E-state index contributed by atoms with van der Waals surface area (Å²) in [5.74, 6) is 0.371. The molecular weight excluding hydrogens is 270 g/mol. The van der Waals surface area contributed by atoms with Crippen LogP contribution in [0.4, 0.5) is 0 Å². The molecule has 2 aromatic carbocycles. The second-order valence-electron chi connectivity index (χ2n) is 6.48. The molecular formula is C20H25NO. The Morgan fingerprint density at radius 3 is 2.36 bits per heavy atom. The lowest BCUT2D eigenvalue weighted by Crippen LogP contribution is -2.44. The molecule has 0 amide bonds. The first kappa shape index (κ1) is 15.1. The van der Waals surface area contributed by atoms with Crippen LogP contribution in [0.2, 0.25) is 0 Å². The van der Waals surface area contributed by atoms with E-state index in [1.807, 2.05) is 12.1 Å². The zero-order valence-corrected chi connectivity index (χ0v) is 13.3. The van der Waals surface area contributed by atoms with E-state index in [4.69, 9.17) is 0 Å². The molecule has 0 bridgehead atoms. The van der Waals surface area contributed by atoms with Crippen LogP contribution in [0.15, 0.2) is 54.6 Å². The first-order chi connectivity index (χ1) is 10.7. The van der Waals surface area contributed by atoms with Gasteiger partial charge in [-0.3, -0.25) is 4.90 Å². The first-order valence-electron chi connectivity index (χ1n) is 8.25. The van der Waals surface area contributed by atoms with E-state index in [1.165, 1.54) is 43.2 Å². The maximum atomic E-state index is 9.91. The van der Waals surface area contributed by atoms with Gasteiger partial charge in [-0.05, 0) is 43.1 Å². The molecule has 0 heterocycles. The van der Waals surface area contributed by atoms with Crippen LogP contribution in [0.25, 0.3) is 0 Å². The van der Waals surface area contributed by atoms with Crippen LogP contribution in [0, 0.1) is 0 Å². The molecule has 1 N–H and O–H groups in total. The van der Waals surface area contributed by atoms with Crippen molar-refractivity contribution in [3.05, 3.63) is 65.7 Å². The third-order valence-corrected chi connectivity index (χ3v) is 5.06. The Morgan fingerprint density at radius 2 is 1.68 bits per heavy atom. The Hall–Kier alpha value is -1.80. The summed E-state index contributed by atoms with van der Waals surface area (Å²) < 4.78 is 0. The van der Waals surface area contributed by atoms with Gasteiger partial charge < -0.3 is 5.11 Å². The summed E-state index contributed by atoms with van der Waals surface area (Å²) in [5, 5.41) is 9.91. The third-order valence-electron chi connectivity index (χ3n) is 5.06. The van der Waals surface area contributed by atoms with Crippen molar-refractivity contribution in [2.45, 2.75) is 44.2 Å². The van der Waals surface area contributed by atoms with E-state index in [1.54, 1.807) is 6.07 Å². The van der Waals surface area contributed by atoms with Gasteiger partial charge in [0.1, 0.15) is 5.75 Å². The fraction of sp³-hybridized carbons (Fsp3) is 0.400. The molecule has 1 aliphatic carbocycles. The predicted molar refractivity (Wildman–Crippen MR) is 90.8 cm³/mol. The molecule has 0 aromatic heterocycles. The molecule has 1 fully saturated rings. The number of phenolic OH excluding ortho intramolecular Hbond substituents is 1. The number of hydrogen-bond donors (Lipinski definition) is 1. The minimum absolute atomic E-state index is 0.0484. The SMILES string of the molecule is CN(Cc1ccccc1)C1(c2cccc(O)c2)CCCCC1. The van der Waals surface area contributed by atoms with Crippen LogP contribution in [0.5, 0.6) is 5.75 Å². The number of rotatable bonds is 4. The van der Waals surface area contributed by atoms with Crippen LogP contribution < -0.4 is 0 Å². The highest BCUT2D eigenvalue weighted by Gasteiger charge is 2.37. The van der Waals surface area contributed by atoms with Gasteiger partial charge in [-0.2, -0.15) is 0 Å². The normalized spacial score (nSPS) is 17.5. The largest absolute Gasteiger partial charge is 0.508 e. The van der Waals surface area contributed by atoms with Gasteiger partial charge in [0.2, 0.25) is 0 Å². The molecule has 1 aliphatic rings. The third kappa shape index (κ3) is 3.02. The van der Waals surface area contributed by atoms with Crippen molar-refractivity contribution in [3.8, 4) is 5.75 Å². The fourth-order valence-corrected chi connectivity index (χ4v) is 3.83. The Morgan fingerprint density at radius 1 is 0.955 bits per heavy atom. The van der Waals surface area contributed by atoms with E-state index < -0.39 is 0 Å². The molecule has 2 heteroatoms. The highest BCUT2D eigenvalue weighted by Crippen LogP contribution is 2.43. The van der Waals surface area contributed by atoms with E-state index in [0.29, 0.717) is 5.75 Å². The standard InChI is InChI=1S/C20H25NO/c1-21(16-17-9-4-2-5-10-17)20(13-6-3-7-14-20)18-11-8-12-19(22)15-18/h2,4-5,8-12,15,22H,3,6-7,13-14,16H2,1H3. The van der Waals surface area contributed by atoms with E-state index in [-0.39, 0.29) is 5.54 Å². The van der Waals surface area contributed by atoms with Crippen molar-refractivity contribution in [3.63, 3.8) is 0 Å². The molecule has 1 saturated carbocycles. The Kier molecular flexibility index (Phi) is 4.49. The van der Waals surface area contributed by atoms with E-state index >= 15 is 0 Å². The lowest BCUT2D eigenvalue weighted by Gasteiger charge is -2.45. The minimum atomic E-state index is 0.0484. The number of benzene rings is 2. The zero-order valence-electron chi connectivity index (χ0n) is 13.3. The second-order valence-corrected chi connectivity index (χ2v) is 6.48. The van der Waals surface area contributed by atoms with Crippen molar-refractivity contribution < 1.29 is 5.11 Å². The number of nitrogens with zero attached hydrogens (tertiary/aromatic N) is 1. The monoisotopic (exact) mass is 295 g/mol. The molecule has 0 aliphatic heterocycles. The van der Waals surface area contributed by atoms with Crippen molar-refractivity contribution in [2.75, 3.05) is 7.05 Å². The van der Waals surface area contributed by atoms with Gasteiger partial charge in [0.15, 0.2) is 0 Å². The summed E-state index contributed by atoms with van der Waals surface area (Å²) in [5.41, 5.74) is 2.65. The summed E-state index contributed by atoms with van der Waals surface area (Å²) >= 11 is 0. The molecule has 2 nitrogen and oxygen atoms in total. The Bertz CT molecular complexity index is 602. The van der Waals surface area contributed by atoms with Crippen molar-refractivity contribution >= 4 is 0 Å². The Labute approximate surface area is 133 Å². The van der Waals surface area contributed by atoms with Crippen LogP contribution in [0.3, 0.4) is 0 Å². The van der Waals surface area contributed by atoms with Gasteiger partial charge >= 0.3 is 0 Å². The predicted octanol–water partition coefficient (Wildman–Crippen LogP) is 4.68. The van der Waals surface area contributed by atoms with Crippen LogP contribution >= 0.6 is 0 Å². The topological polar surface area (TPSA) is 23.5 Å². The quantitative estimate of drug-likeness (QED) is 0.885. The maximum absolute atomic E-state index is 9.91.